The largest absolute Gasteiger partial charge is 0.289 e. The summed E-state index contributed by atoms with van der Waals surface area (Å²) in [6, 6.07) is 11.2. The van der Waals surface area contributed by atoms with Crippen LogP contribution in [0.25, 0.3) is 5.57 Å². The Hall–Kier alpha value is -1.86. The van der Waals surface area contributed by atoms with Gasteiger partial charge >= 0.3 is 0 Å². The van der Waals surface area contributed by atoms with Crippen molar-refractivity contribution in [3.8, 4) is 0 Å². The summed E-state index contributed by atoms with van der Waals surface area (Å²) in [5.41, 5.74) is 4.96. The monoisotopic (exact) mass is 254 g/mol. The van der Waals surface area contributed by atoms with E-state index in [1.807, 2.05) is 37.3 Å². The highest BCUT2D eigenvalue weighted by Crippen LogP contribution is 2.39. The number of carbonyl (C=O) groups excluding carboxylic acids is 1. The number of ketones is 1. The smallest absolute Gasteiger partial charge is 0.195 e. The molecule has 0 fully saturated rings. The molecule has 2 heteroatoms. The maximum Gasteiger partial charge on any atom is 0.195 e. The van der Waals surface area contributed by atoms with Gasteiger partial charge in [0.2, 0.25) is 0 Å². The third-order valence-corrected chi connectivity index (χ3v) is 3.70. The van der Waals surface area contributed by atoms with Gasteiger partial charge in [-0.3, -0.25) is 4.79 Å². The number of carbonyl (C=O) groups is 1. The van der Waals surface area contributed by atoms with Gasteiger partial charge in [0.25, 0.3) is 0 Å². The molecule has 0 atom stereocenters. The van der Waals surface area contributed by atoms with Crippen molar-refractivity contribution < 1.29 is 4.79 Å². The second kappa shape index (κ2) is 3.82. The number of hydrogen-bond acceptors (Lipinski definition) is 1. The molecular formula is C16H11ClO. The number of hydrogen-bond donors (Lipinski definition) is 0. The zero-order valence-corrected chi connectivity index (χ0v) is 10.7. The highest BCUT2D eigenvalue weighted by atomic mass is 35.5. The minimum Gasteiger partial charge on any atom is -0.289 e. The Morgan fingerprint density at radius 3 is 2.39 bits per heavy atom. The van der Waals surface area contributed by atoms with Crippen LogP contribution in [0.5, 0.6) is 0 Å². The molecule has 0 aliphatic heterocycles. The molecule has 3 rings (SSSR count). The molecule has 2 aromatic carbocycles. The van der Waals surface area contributed by atoms with Gasteiger partial charge in [0.15, 0.2) is 5.78 Å². The van der Waals surface area contributed by atoms with Crippen molar-refractivity contribution in [2.45, 2.75) is 6.92 Å². The van der Waals surface area contributed by atoms with E-state index in [9.17, 15) is 4.79 Å². The summed E-state index contributed by atoms with van der Waals surface area (Å²) >= 11 is 6.18. The molecule has 0 saturated carbocycles. The average molecular weight is 255 g/mol. The third-order valence-electron chi connectivity index (χ3n) is 3.39. The number of fused-ring (bicyclic) bond motifs is 2. The summed E-state index contributed by atoms with van der Waals surface area (Å²) in [7, 11) is 0. The fraction of sp³-hybridized carbons (Fsp3) is 0.0625. The normalized spacial score (nSPS) is 13.2. The highest BCUT2D eigenvalue weighted by molar-refractivity contribution is 6.36. The number of benzene rings is 2. The summed E-state index contributed by atoms with van der Waals surface area (Å²) in [6.07, 6.45) is 0. The van der Waals surface area contributed by atoms with Crippen LogP contribution in [0.3, 0.4) is 0 Å². The predicted octanol–water partition coefficient (Wildman–Crippen LogP) is 4.25. The Morgan fingerprint density at radius 1 is 1.00 bits per heavy atom. The van der Waals surface area contributed by atoms with E-state index >= 15 is 0 Å². The van der Waals surface area contributed by atoms with Crippen LogP contribution in [0.1, 0.15) is 32.6 Å². The van der Waals surface area contributed by atoms with Crippen molar-refractivity contribution in [2.24, 2.45) is 0 Å². The second-order valence-corrected chi connectivity index (χ2v) is 4.87. The molecule has 1 nitrogen and oxygen atoms in total. The van der Waals surface area contributed by atoms with Crippen LogP contribution in [0, 0.1) is 6.92 Å². The molecule has 0 unspecified atom stereocenters. The van der Waals surface area contributed by atoms with Crippen molar-refractivity contribution in [1.82, 2.24) is 0 Å². The molecule has 0 bridgehead atoms. The molecule has 0 radical (unpaired) electrons. The SMILES string of the molecule is C=C1c2ccccc2C(=O)c2c(Cl)ccc(C)c21. The van der Waals surface area contributed by atoms with E-state index in [1.54, 1.807) is 6.07 Å². The first-order valence-corrected chi connectivity index (χ1v) is 6.11. The van der Waals surface area contributed by atoms with Gasteiger partial charge in [-0.05, 0) is 35.3 Å². The van der Waals surface area contributed by atoms with Crippen LogP contribution in [0.15, 0.2) is 43.0 Å². The molecule has 0 amide bonds. The van der Waals surface area contributed by atoms with Gasteiger partial charge in [-0.1, -0.05) is 48.5 Å². The van der Waals surface area contributed by atoms with Crippen LogP contribution in [0.4, 0.5) is 0 Å². The van der Waals surface area contributed by atoms with E-state index in [4.69, 9.17) is 11.6 Å². The van der Waals surface area contributed by atoms with Gasteiger partial charge in [0.05, 0.1) is 5.02 Å². The third kappa shape index (κ3) is 1.37. The first kappa shape index (κ1) is 11.2. The summed E-state index contributed by atoms with van der Waals surface area (Å²) in [5, 5.41) is 0.497. The van der Waals surface area contributed by atoms with Gasteiger partial charge in [0.1, 0.15) is 0 Å². The number of halogens is 1. The fourth-order valence-electron chi connectivity index (χ4n) is 2.51. The van der Waals surface area contributed by atoms with Gasteiger partial charge in [-0.2, -0.15) is 0 Å². The molecule has 0 heterocycles. The zero-order chi connectivity index (χ0) is 12.9. The van der Waals surface area contributed by atoms with E-state index in [1.165, 1.54) is 0 Å². The number of aryl methyl sites for hydroxylation is 1. The van der Waals surface area contributed by atoms with E-state index in [0.29, 0.717) is 16.1 Å². The first-order valence-electron chi connectivity index (χ1n) is 5.73. The Kier molecular flexibility index (Phi) is 2.39. The summed E-state index contributed by atoms with van der Waals surface area (Å²) in [6.45, 7) is 6.10. The maximum atomic E-state index is 12.5. The minimum atomic E-state index is -0.0123. The van der Waals surface area contributed by atoms with Crippen LogP contribution in [-0.2, 0) is 0 Å². The van der Waals surface area contributed by atoms with Crippen molar-refractivity contribution >= 4 is 23.0 Å². The second-order valence-electron chi connectivity index (χ2n) is 4.47. The summed E-state index contributed by atoms with van der Waals surface area (Å²) < 4.78 is 0. The molecule has 1 aliphatic rings. The standard InChI is InChI=1S/C16H11ClO/c1-9-7-8-13(17)15-14(9)10(2)11-5-3-4-6-12(11)16(15)18/h3-8H,2H2,1H3. The van der Waals surface area contributed by atoms with Crippen molar-refractivity contribution in [1.29, 1.82) is 0 Å². The Bertz CT molecular complexity index is 638. The lowest BCUT2D eigenvalue weighted by molar-refractivity contribution is 0.103. The first-order chi connectivity index (χ1) is 8.61. The van der Waals surface area contributed by atoms with E-state index in [0.717, 1.165) is 22.3 Å². The van der Waals surface area contributed by atoms with Crippen LogP contribution in [0.2, 0.25) is 5.02 Å². The quantitative estimate of drug-likeness (QED) is 0.586. The number of rotatable bonds is 0. The fourth-order valence-corrected chi connectivity index (χ4v) is 2.75. The van der Waals surface area contributed by atoms with Gasteiger partial charge in [0, 0.05) is 11.1 Å². The lowest BCUT2D eigenvalue weighted by Crippen LogP contribution is -2.15. The Labute approximate surface area is 111 Å². The van der Waals surface area contributed by atoms with Gasteiger partial charge < -0.3 is 0 Å². The molecule has 0 aromatic heterocycles. The zero-order valence-electron chi connectivity index (χ0n) is 9.96. The molecule has 2 aromatic rings. The molecule has 0 spiro atoms. The maximum absolute atomic E-state index is 12.5. The van der Waals surface area contributed by atoms with Crippen molar-refractivity contribution in [3.63, 3.8) is 0 Å². The summed E-state index contributed by atoms with van der Waals surface area (Å²) in [4.78, 5) is 12.5. The molecule has 0 saturated heterocycles. The van der Waals surface area contributed by atoms with Crippen LogP contribution in [-0.4, -0.2) is 5.78 Å². The minimum absolute atomic E-state index is 0.0123. The predicted molar refractivity (Wildman–Crippen MR) is 74.2 cm³/mol. The Morgan fingerprint density at radius 2 is 1.67 bits per heavy atom. The van der Waals surface area contributed by atoms with Crippen molar-refractivity contribution in [3.05, 3.63) is 75.8 Å². The molecule has 88 valence electrons. The topological polar surface area (TPSA) is 17.1 Å². The van der Waals surface area contributed by atoms with Gasteiger partial charge in [-0.15, -0.1) is 0 Å². The Balaban J connectivity index is 2.41. The lowest BCUT2D eigenvalue weighted by atomic mass is 9.80. The lowest BCUT2D eigenvalue weighted by Gasteiger charge is -2.23. The van der Waals surface area contributed by atoms with E-state index < -0.39 is 0 Å². The summed E-state index contributed by atoms with van der Waals surface area (Å²) in [5.74, 6) is -0.0123. The highest BCUT2D eigenvalue weighted by Gasteiger charge is 2.28. The molecular weight excluding hydrogens is 244 g/mol. The van der Waals surface area contributed by atoms with E-state index in [-0.39, 0.29) is 5.78 Å². The van der Waals surface area contributed by atoms with Gasteiger partial charge in [-0.25, -0.2) is 0 Å². The molecule has 18 heavy (non-hydrogen) atoms. The van der Waals surface area contributed by atoms with Crippen LogP contribution >= 0.6 is 11.6 Å². The van der Waals surface area contributed by atoms with Crippen LogP contribution < -0.4 is 0 Å². The van der Waals surface area contributed by atoms with Crippen molar-refractivity contribution in [2.75, 3.05) is 0 Å². The molecule has 0 N–H and O–H groups in total. The average Bonchev–Trinajstić information content (AvgIpc) is 2.38. The molecule has 1 aliphatic carbocycles. The van der Waals surface area contributed by atoms with E-state index in [2.05, 4.69) is 6.58 Å².